The largest absolute Gasteiger partial charge is 0.456 e. The van der Waals surface area contributed by atoms with Gasteiger partial charge in [0.2, 0.25) is 0 Å². The van der Waals surface area contributed by atoms with Gasteiger partial charge in [0.15, 0.2) is 0 Å². The molecule has 0 saturated carbocycles. The van der Waals surface area contributed by atoms with Gasteiger partial charge in [0, 0.05) is 50.7 Å². The Morgan fingerprint density at radius 3 is 1.86 bits per heavy atom. The van der Waals surface area contributed by atoms with E-state index in [4.69, 9.17) is 15.6 Å². The Bertz CT molecular complexity index is 3830. The van der Waals surface area contributed by atoms with E-state index in [1.165, 1.54) is 76.7 Å². The molecule has 12 aromatic rings. The first-order chi connectivity index (χ1) is 34.7. The van der Waals surface area contributed by atoms with E-state index >= 15 is 0 Å². The number of aromatic nitrogens is 1. The standard InChI is InChI=1S/C36H27N.C20H16N2O.C6H6.C3H6.CH3N/c1-36(2)31-17-16-25(20-30(31)34-26-12-7-6-9-22(26)15-18-32(34)36)27-13-8-14-28-29-19-23-10-4-5-11-24(23)21-33(29)37(3)35(27)28;21-20(15-6-2-1-3-7-15)22-13-14-10-11-17-16-8-4-5-9-18(16)23-19(17)12-14;1-2-4-6-5-3-1;1-3-2;1-2/h4-21H,1-3H3;1-12H,13H2,(H2,21,22);1-6H;3H,1H2,2H3;2H,1H2. The predicted molar refractivity (Wildman–Crippen MR) is 305 cm³/mol. The number of hydrogen-bond acceptors (Lipinski definition) is 3. The number of aliphatic imine (C=N–C) groups is 1. The maximum Gasteiger partial charge on any atom is 0.135 e. The van der Waals surface area contributed by atoms with Crippen LogP contribution in [-0.4, -0.2) is 17.1 Å². The molecule has 3 N–H and O–H groups in total. The normalized spacial score (nSPS) is 12.1. The number of hydrogen-bond donors (Lipinski definition) is 2. The molecule has 5 nitrogen and oxygen atoms in total. The number of nitrogens with one attached hydrogen (secondary N) is 1. The highest BCUT2D eigenvalue weighted by molar-refractivity contribution is 6.16. The maximum absolute atomic E-state index is 6.04. The van der Waals surface area contributed by atoms with Crippen LogP contribution in [-0.2, 0) is 19.0 Å². The lowest BCUT2D eigenvalue weighted by atomic mass is 9.82. The number of benzene rings is 10. The zero-order chi connectivity index (χ0) is 49.5. The molecular formula is C66H58N4O. The first-order valence-corrected chi connectivity index (χ1v) is 24.0. The number of furan rings is 1. The fourth-order valence-electron chi connectivity index (χ4n) is 10.0. The maximum atomic E-state index is 6.04. The Labute approximate surface area is 416 Å². The van der Waals surface area contributed by atoms with Crippen molar-refractivity contribution in [3.8, 4) is 22.3 Å². The van der Waals surface area contributed by atoms with E-state index < -0.39 is 0 Å². The summed E-state index contributed by atoms with van der Waals surface area (Å²) in [6.45, 7) is 13.0. The van der Waals surface area contributed by atoms with Gasteiger partial charge in [0.05, 0.1) is 12.1 Å². The first-order valence-electron chi connectivity index (χ1n) is 24.0. The van der Waals surface area contributed by atoms with Crippen molar-refractivity contribution in [1.29, 1.82) is 5.41 Å². The van der Waals surface area contributed by atoms with Gasteiger partial charge >= 0.3 is 0 Å². The summed E-state index contributed by atoms with van der Waals surface area (Å²) in [5.41, 5.74) is 20.6. The molecule has 0 atom stereocenters. The zero-order valence-corrected chi connectivity index (χ0v) is 40.9. The van der Waals surface area contributed by atoms with Crippen LogP contribution < -0.4 is 5.73 Å². The van der Waals surface area contributed by atoms with Crippen molar-refractivity contribution >= 4 is 77.8 Å². The Morgan fingerprint density at radius 2 is 1.14 bits per heavy atom. The Kier molecular flexibility index (Phi) is 13.9. The summed E-state index contributed by atoms with van der Waals surface area (Å²) in [6.07, 6.45) is 1.75. The van der Waals surface area contributed by atoms with Crippen LogP contribution >= 0.6 is 0 Å². The summed E-state index contributed by atoms with van der Waals surface area (Å²) in [7, 11) is 2.21. The Morgan fingerprint density at radius 1 is 0.563 bits per heavy atom. The van der Waals surface area contributed by atoms with Crippen LogP contribution in [0.3, 0.4) is 0 Å². The predicted octanol–water partition coefficient (Wildman–Crippen LogP) is 17.2. The van der Waals surface area contributed by atoms with Crippen LogP contribution in [0.1, 0.15) is 43.0 Å². The molecule has 0 unspecified atom stereocenters. The summed E-state index contributed by atoms with van der Waals surface area (Å²) in [6, 6.07) is 76.8. The second-order valence-electron chi connectivity index (χ2n) is 18.1. The zero-order valence-electron chi connectivity index (χ0n) is 40.9. The highest BCUT2D eigenvalue weighted by Crippen LogP contribution is 2.52. The summed E-state index contributed by atoms with van der Waals surface area (Å²) < 4.78 is 8.29. The number of amidine groups is 1. The van der Waals surface area contributed by atoms with Crippen molar-refractivity contribution in [2.75, 3.05) is 0 Å². The molecule has 10 aromatic carbocycles. The van der Waals surface area contributed by atoms with E-state index in [1.54, 1.807) is 6.08 Å². The summed E-state index contributed by atoms with van der Waals surface area (Å²) >= 11 is 0. The van der Waals surface area contributed by atoms with E-state index in [2.05, 4.69) is 171 Å². The lowest BCUT2D eigenvalue weighted by molar-refractivity contribution is 0.661. The third-order valence-corrected chi connectivity index (χ3v) is 13.4. The molecule has 348 valence electrons. The molecule has 13 rings (SSSR count). The van der Waals surface area contributed by atoms with Crippen LogP contribution in [0.2, 0.25) is 0 Å². The Hall–Kier alpha value is -8.80. The topological polar surface area (TPSA) is 80.3 Å². The van der Waals surface area contributed by atoms with Gasteiger partial charge in [0.1, 0.15) is 17.0 Å². The van der Waals surface area contributed by atoms with Crippen LogP contribution in [0.25, 0.3) is 87.5 Å². The number of nitrogens with two attached hydrogens (primary N) is 1. The molecule has 2 aromatic heterocycles. The van der Waals surface area contributed by atoms with Gasteiger partial charge in [-0.1, -0.05) is 208 Å². The van der Waals surface area contributed by atoms with Crippen LogP contribution in [0, 0.1) is 5.41 Å². The average molecular weight is 923 g/mol. The molecule has 2 heterocycles. The van der Waals surface area contributed by atoms with Crippen molar-refractivity contribution in [2.45, 2.75) is 32.7 Å². The second kappa shape index (κ2) is 20.8. The smallest absolute Gasteiger partial charge is 0.135 e. The lowest BCUT2D eigenvalue weighted by Gasteiger charge is -2.21. The van der Waals surface area contributed by atoms with Gasteiger partial charge < -0.3 is 20.1 Å². The highest BCUT2D eigenvalue weighted by atomic mass is 16.3. The minimum Gasteiger partial charge on any atom is -0.456 e. The molecule has 0 aliphatic heterocycles. The van der Waals surface area contributed by atoms with E-state index in [1.807, 2.05) is 97.9 Å². The second-order valence-corrected chi connectivity index (χ2v) is 18.1. The first kappa shape index (κ1) is 47.3. The van der Waals surface area contributed by atoms with E-state index in [0.29, 0.717) is 12.4 Å². The van der Waals surface area contributed by atoms with Gasteiger partial charge in [-0.25, -0.2) is 0 Å². The minimum absolute atomic E-state index is 0.0149. The van der Waals surface area contributed by atoms with Crippen molar-refractivity contribution in [3.05, 3.63) is 253 Å². The number of nitrogens with zero attached hydrogens (tertiary/aromatic N) is 2. The molecule has 0 amide bonds. The van der Waals surface area contributed by atoms with Crippen molar-refractivity contribution in [1.82, 2.24) is 4.57 Å². The molecular weight excluding hydrogens is 865 g/mol. The quantitative estimate of drug-likeness (QED) is 0.105. The fourth-order valence-corrected chi connectivity index (χ4v) is 10.0. The molecule has 0 spiro atoms. The van der Waals surface area contributed by atoms with Crippen molar-refractivity contribution in [3.63, 3.8) is 0 Å². The number of aryl methyl sites for hydroxylation is 1. The van der Waals surface area contributed by atoms with Gasteiger partial charge in [0.25, 0.3) is 0 Å². The molecule has 0 radical (unpaired) electrons. The van der Waals surface area contributed by atoms with E-state index in [0.717, 1.165) is 33.1 Å². The van der Waals surface area contributed by atoms with Crippen molar-refractivity contribution in [2.24, 2.45) is 17.8 Å². The lowest BCUT2D eigenvalue weighted by Crippen LogP contribution is -2.14. The van der Waals surface area contributed by atoms with Gasteiger partial charge in [-0.3, -0.25) is 4.99 Å². The summed E-state index contributed by atoms with van der Waals surface area (Å²) in [5.74, 6) is 0.551. The molecule has 5 heteroatoms. The Balaban J connectivity index is 0.000000156. The SMILES string of the molecule is C=CC.C=N.Cn1c2cc3ccccc3cc2c2cccc(-c3ccc4c(c3)-c3c(ccc5ccccc35)C4(C)C)c21.NC(=NCc1ccc2c(c1)oc1ccccc12)c1ccccc1.c1ccccc1. The summed E-state index contributed by atoms with van der Waals surface area (Å²) in [4.78, 5) is 4.48. The minimum atomic E-state index is -0.0149. The molecule has 1 aliphatic rings. The van der Waals surface area contributed by atoms with Gasteiger partial charge in [-0.2, -0.15) is 0 Å². The number of allylic oxidation sites excluding steroid dienone is 1. The molecule has 71 heavy (non-hydrogen) atoms. The average Bonchev–Trinajstić information content (AvgIpc) is 4.02. The number of para-hydroxylation sites is 2. The molecule has 0 saturated heterocycles. The van der Waals surface area contributed by atoms with E-state index in [9.17, 15) is 0 Å². The number of fused-ring (bicyclic) bond motifs is 12. The highest BCUT2D eigenvalue weighted by Gasteiger charge is 2.36. The van der Waals surface area contributed by atoms with Crippen LogP contribution in [0.5, 0.6) is 0 Å². The van der Waals surface area contributed by atoms with Gasteiger partial charge in [-0.05, 0) is 98.9 Å². The molecule has 1 aliphatic carbocycles. The third-order valence-electron chi connectivity index (χ3n) is 13.4. The number of rotatable bonds is 4. The van der Waals surface area contributed by atoms with Gasteiger partial charge in [-0.15, -0.1) is 6.58 Å². The van der Waals surface area contributed by atoms with Crippen LogP contribution in [0.15, 0.2) is 240 Å². The summed E-state index contributed by atoms with van der Waals surface area (Å²) in [5, 5.41) is 15.6. The molecule has 0 bridgehead atoms. The van der Waals surface area contributed by atoms with E-state index in [-0.39, 0.29) is 5.41 Å². The fraction of sp³-hybridized carbons (Fsp3) is 0.0909. The van der Waals surface area contributed by atoms with Crippen molar-refractivity contribution < 1.29 is 4.42 Å². The monoisotopic (exact) mass is 922 g/mol. The van der Waals surface area contributed by atoms with Crippen LogP contribution in [0.4, 0.5) is 0 Å². The third kappa shape index (κ3) is 9.26. The molecule has 0 fully saturated rings.